The minimum absolute atomic E-state index is 0.144. The first kappa shape index (κ1) is 19.6. The molecule has 0 spiro atoms. The number of amides is 1. The number of piperazine rings is 1. The van der Waals surface area contributed by atoms with Gasteiger partial charge >= 0.3 is 0 Å². The second-order valence-corrected chi connectivity index (χ2v) is 9.02. The molecule has 0 N–H and O–H groups in total. The molecule has 1 aromatic carbocycles. The van der Waals surface area contributed by atoms with Crippen LogP contribution >= 0.6 is 11.3 Å². The number of carbonyl (C=O) groups is 1. The van der Waals surface area contributed by atoms with Gasteiger partial charge < -0.3 is 14.7 Å². The smallest absolute Gasteiger partial charge is 0.226 e. The van der Waals surface area contributed by atoms with E-state index in [0.717, 1.165) is 57.1 Å². The summed E-state index contributed by atoms with van der Waals surface area (Å²) in [6.45, 7) is 7.10. The molecule has 2 heterocycles. The highest BCUT2D eigenvalue weighted by atomic mass is 32.1. The molecule has 2 aliphatic rings. The number of hydrogen-bond acceptors (Lipinski definition) is 5. The molecule has 6 heteroatoms. The molecule has 1 aliphatic heterocycles. The largest absolute Gasteiger partial charge is 0.336 e. The van der Waals surface area contributed by atoms with Crippen LogP contribution in [0.15, 0.2) is 41.9 Å². The molecule has 0 radical (unpaired) electrons. The molecular formula is C22H30N4OS. The lowest BCUT2D eigenvalue weighted by molar-refractivity contribution is -0.133. The van der Waals surface area contributed by atoms with Crippen molar-refractivity contribution in [3.63, 3.8) is 0 Å². The molecule has 1 saturated heterocycles. The summed E-state index contributed by atoms with van der Waals surface area (Å²) in [5, 5.41) is 3.02. The lowest BCUT2D eigenvalue weighted by Gasteiger charge is -2.33. The molecule has 1 aromatic heterocycles. The van der Waals surface area contributed by atoms with E-state index >= 15 is 0 Å². The van der Waals surface area contributed by atoms with Gasteiger partial charge in [-0.2, -0.15) is 0 Å². The third-order valence-corrected chi connectivity index (χ3v) is 6.72. The fraction of sp³-hybridized carbons (Fsp3) is 0.545. The van der Waals surface area contributed by atoms with E-state index in [2.05, 4.69) is 51.0 Å². The molecular weight excluding hydrogens is 368 g/mol. The predicted molar refractivity (Wildman–Crippen MR) is 113 cm³/mol. The van der Waals surface area contributed by atoms with Crippen molar-refractivity contribution in [2.45, 2.75) is 25.3 Å². The van der Waals surface area contributed by atoms with E-state index in [1.54, 1.807) is 11.3 Å². The minimum atomic E-state index is 0.144. The van der Waals surface area contributed by atoms with Crippen LogP contribution in [-0.4, -0.2) is 71.9 Å². The number of nitrogens with zero attached hydrogens (tertiary/aromatic N) is 4. The maximum absolute atomic E-state index is 13.2. The Bertz CT molecular complexity index is 743. The molecule has 2 fully saturated rings. The summed E-state index contributed by atoms with van der Waals surface area (Å²) in [7, 11) is 2.19. The van der Waals surface area contributed by atoms with Crippen LogP contribution in [-0.2, 0) is 11.3 Å². The van der Waals surface area contributed by atoms with Crippen LogP contribution in [0.1, 0.15) is 29.3 Å². The number of thiazole rings is 1. The maximum atomic E-state index is 13.2. The number of likely N-dealkylation sites (N-methyl/N-ethyl adjacent to an activating group) is 1. The van der Waals surface area contributed by atoms with Gasteiger partial charge in [-0.05, 0) is 37.9 Å². The number of benzene rings is 1. The summed E-state index contributed by atoms with van der Waals surface area (Å²) in [4.78, 5) is 24.6. The zero-order chi connectivity index (χ0) is 19.3. The van der Waals surface area contributed by atoms with E-state index in [-0.39, 0.29) is 5.92 Å². The fourth-order valence-electron chi connectivity index (χ4n) is 4.09. The zero-order valence-electron chi connectivity index (χ0n) is 16.7. The van der Waals surface area contributed by atoms with Crippen LogP contribution in [0.25, 0.3) is 0 Å². The van der Waals surface area contributed by atoms with Crippen LogP contribution in [0.4, 0.5) is 0 Å². The average molecular weight is 399 g/mol. The highest BCUT2D eigenvalue weighted by Crippen LogP contribution is 2.48. The monoisotopic (exact) mass is 398 g/mol. The first-order valence-corrected chi connectivity index (χ1v) is 11.2. The Morgan fingerprint density at radius 3 is 2.71 bits per heavy atom. The van der Waals surface area contributed by atoms with Gasteiger partial charge in [-0.3, -0.25) is 4.79 Å². The zero-order valence-corrected chi connectivity index (χ0v) is 17.5. The summed E-state index contributed by atoms with van der Waals surface area (Å²) in [5.41, 5.74) is 1.30. The van der Waals surface area contributed by atoms with Crippen LogP contribution in [0.3, 0.4) is 0 Å². The first-order valence-electron chi connectivity index (χ1n) is 10.3. The van der Waals surface area contributed by atoms with Gasteiger partial charge in [0.1, 0.15) is 5.01 Å². The maximum Gasteiger partial charge on any atom is 0.226 e. The van der Waals surface area contributed by atoms with Gasteiger partial charge in [0.05, 0.1) is 6.54 Å². The van der Waals surface area contributed by atoms with E-state index in [9.17, 15) is 4.79 Å². The molecule has 1 aliphatic carbocycles. The third-order valence-electron chi connectivity index (χ3n) is 5.95. The Labute approximate surface area is 172 Å². The Morgan fingerprint density at radius 1 is 1.21 bits per heavy atom. The molecule has 150 valence electrons. The molecule has 5 nitrogen and oxygen atoms in total. The van der Waals surface area contributed by atoms with Crippen molar-refractivity contribution in [3.8, 4) is 0 Å². The molecule has 2 aromatic rings. The van der Waals surface area contributed by atoms with Gasteiger partial charge in [0.25, 0.3) is 0 Å². The molecule has 1 saturated carbocycles. The Hall–Kier alpha value is -1.76. The van der Waals surface area contributed by atoms with Gasteiger partial charge in [-0.15, -0.1) is 11.3 Å². The Balaban J connectivity index is 1.33. The average Bonchev–Trinajstić information content (AvgIpc) is 3.36. The van der Waals surface area contributed by atoms with Crippen LogP contribution < -0.4 is 0 Å². The summed E-state index contributed by atoms with van der Waals surface area (Å²) < 4.78 is 0. The molecule has 1 amide bonds. The fourth-order valence-corrected chi connectivity index (χ4v) is 4.72. The number of hydrogen-bond donors (Lipinski definition) is 0. The Kier molecular flexibility index (Phi) is 6.40. The van der Waals surface area contributed by atoms with Gasteiger partial charge in [0.15, 0.2) is 0 Å². The van der Waals surface area contributed by atoms with Crippen LogP contribution in [0.2, 0.25) is 0 Å². The molecule has 0 bridgehead atoms. The molecule has 4 rings (SSSR count). The highest BCUT2D eigenvalue weighted by Gasteiger charge is 2.45. The number of rotatable bonds is 8. The Morgan fingerprint density at radius 2 is 2.00 bits per heavy atom. The van der Waals surface area contributed by atoms with Gasteiger partial charge in [0, 0.05) is 50.2 Å². The van der Waals surface area contributed by atoms with Gasteiger partial charge in [-0.1, -0.05) is 30.3 Å². The SMILES string of the molecule is CN1CCN(CCCN(Cc2nccs2)C(=O)[C@H]2C[C@H]2c2ccccc2)CC1. The number of aromatic nitrogens is 1. The van der Waals surface area contributed by atoms with Crippen molar-refractivity contribution in [1.82, 2.24) is 19.7 Å². The van der Waals surface area contributed by atoms with E-state index in [1.807, 2.05) is 17.6 Å². The lowest BCUT2D eigenvalue weighted by atomic mass is 10.1. The van der Waals surface area contributed by atoms with Crippen LogP contribution in [0.5, 0.6) is 0 Å². The van der Waals surface area contributed by atoms with Crippen molar-refractivity contribution < 1.29 is 4.79 Å². The van der Waals surface area contributed by atoms with Crippen molar-refractivity contribution >= 4 is 17.2 Å². The lowest BCUT2D eigenvalue weighted by Crippen LogP contribution is -2.45. The van der Waals surface area contributed by atoms with Crippen LogP contribution in [0, 0.1) is 5.92 Å². The molecule has 0 unspecified atom stereocenters. The second kappa shape index (κ2) is 9.16. The van der Waals surface area contributed by atoms with E-state index in [1.165, 1.54) is 5.56 Å². The molecule has 2 atom stereocenters. The van der Waals surface area contributed by atoms with Gasteiger partial charge in [0.2, 0.25) is 5.91 Å². The minimum Gasteiger partial charge on any atom is -0.336 e. The standard InChI is InChI=1S/C22H30N4OS/c1-24-11-13-25(14-12-24)9-5-10-26(17-21-23-8-15-28-21)22(27)20-16-19(20)18-6-3-2-4-7-18/h2-4,6-8,15,19-20H,5,9-14,16-17H2,1H3/t19-,20-/m0/s1. The highest BCUT2D eigenvalue weighted by molar-refractivity contribution is 7.09. The summed E-state index contributed by atoms with van der Waals surface area (Å²) in [5.74, 6) is 0.846. The van der Waals surface area contributed by atoms with Crippen molar-refractivity contribution in [1.29, 1.82) is 0 Å². The molecule has 28 heavy (non-hydrogen) atoms. The summed E-state index contributed by atoms with van der Waals surface area (Å²) in [6, 6.07) is 10.5. The van der Waals surface area contributed by atoms with Crippen molar-refractivity contribution in [2.75, 3.05) is 46.3 Å². The van der Waals surface area contributed by atoms with Crippen molar-refractivity contribution in [2.24, 2.45) is 5.92 Å². The van der Waals surface area contributed by atoms with E-state index in [4.69, 9.17) is 0 Å². The normalized spacial score (nSPS) is 22.9. The third kappa shape index (κ3) is 4.99. The number of carbonyl (C=O) groups excluding carboxylic acids is 1. The predicted octanol–water partition coefficient (Wildman–Crippen LogP) is 2.91. The first-order chi connectivity index (χ1) is 13.7. The van der Waals surface area contributed by atoms with E-state index in [0.29, 0.717) is 18.4 Å². The quantitative estimate of drug-likeness (QED) is 0.685. The van der Waals surface area contributed by atoms with Crippen molar-refractivity contribution in [3.05, 3.63) is 52.5 Å². The summed E-state index contributed by atoms with van der Waals surface area (Å²) >= 11 is 1.64. The topological polar surface area (TPSA) is 39.7 Å². The van der Waals surface area contributed by atoms with Gasteiger partial charge in [-0.25, -0.2) is 4.98 Å². The second-order valence-electron chi connectivity index (χ2n) is 8.04. The summed E-state index contributed by atoms with van der Waals surface area (Å²) in [6.07, 6.45) is 3.84. The van der Waals surface area contributed by atoms with E-state index < -0.39 is 0 Å².